The fourth-order valence-electron chi connectivity index (χ4n) is 2.53. The number of likely N-dealkylation sites (tertiary alicyclic amines) is 1. The number of hydrogen-bond donors (Lipinski definition) is 2. The van der Waals surface area contributed by atoms with E-state index in [0.29, 0.717) is 0 Å². The van der Waals surface area contributed by atoms with E-state index in [4.69, 9.17) is 0 Å². The Labute approximate surface area is 112 Å². The molecule has 0 aliphatic carbocycles. The van der Waals surface area contributed by atoms with Crippen molar-refractivity contribution in [1.82, 2.24) is 20.4 Å². The van der Waals surface area contributed by atoms with E-state index in [1.165, 1.54) is 6.92 Å². The summed E-state index contributed by atoms with van der Waals surface area (Å²) in [5, 5.41) is 9.59. The number of carbonyl (C=O) groups is 2. The third kappa shape index (κ3) is 3.13. The number of H-pyrrole nitrogens is 1. The average molecular weight is 264 g/mol. The highest BCUT2D eigenvalue weighted by Gasteiger charge is 2.29. The summed E-state index contributed by atoms with van der Waals surface area (Å²) in [5.74, 6) is -0.214. The van der Waals surface area contributed by atoms with Gasteiger partial charge in [0.05, 0.1) is 24.5 Å². The molecule has 1 saturated heterocycles. The zero-order valence-electron chi connectivity index (χ0n) is 11.4. The Bertz CT molecular complexity index is 469. The van der Waals surface area contributed by atoms with E-state index in [1.54, 1.807) is 6.20 Å². The molecule has 1 aromatic heterocycles. The van der Waals surface area contributed by atoms with Gasteiger partial charge in [0.2, 0.25) is 11.8 Å². The molecule has 2 amide bonds. The van der Waals surface area contributed by atoms with Gasteiger partial charge in [0, 0.05) is 13.5 Å². The van der Waals surface area contributed by atoms with Gasteiger partial charge >= 0.3 is 0 Å². The smallest absolute Gasteiger partial charge is 0.242 e. The van der Waals surface area contributed by atoms with Crippen molar-refractivity contribution in [2.45, 2.75) is 39.2 Å². The van der Waals surface area contributed by atoms with Gasteiger partial charge in [-0.2, -0.15) is 5.10 Å². The first-order valence-corrected chi connectivity index (χ1v) is 6.63. The molecule has 19 heavy (non-hydrogen) atoms. The second kappa shape index (κ2) is 5.86. The zero-order chi connectivity index (χ0) is 13.8. The van der Waals surface area contributed by atoms with E-state index in [2.05, 4.69) is 15.5 Å². The number of amides is 2. The van der Waals surface area contributed by atoms with Gasteiger partial charge in [0.25, 0.3) is 0 Å². The van der Waals surface area contributed by atoms with Gasteiger partial charge < -0.3 is 10.2 Å². The Morgan fingerprint density at radius 3 is 2.95 bits per heavy atom. The quantitative estimate of drug-likeness (QED) is 0.851. The lowest BCUT2D eigenvalue weighted by Gasteiger charge is -2.35. The maximum Gasteiger partial charge on any atom is 0.242 e. The molecule has 0 radical (unpaired) electrons. The molecular formula is C13H20N4O2. The fraction of sp³-hybridized carbons (Fsp3) is 0.615. The number of nitrogens with zero attached hydrogens (tertiary/aromatic N) is 2. The van der Waals surface area contributed by atoms with Gasteiger partial charge in [-0.25, -0.2) is 0 Å². The summed E-state index contributed by atoms with van der Waals surface area (Å²) < 4.78 is 0. The number of aromatic nitrogens is 2. The van der Waals surface area contributed by atoms with Crippen molar-refractivity contribution in [1.29, 1.82) is 0 Å². The summed E-state index contributed by atoms with van der Waals surface area (Å²) in [6, 6.07) is 0.0532. The number of carbonyl (C=O) groups excluding carboxylic acids is 2. The molecule has 2 N–H and O–H groups in total. The molecule has 1 aliphatic rings. The molecule has 2 heterocycles. The Balaban J connectivity index is 2.10. The average Bonchev–Trinajstić information content (AvgIpc) is 2.82. The standard InChI is InChI=1S/C13H20N4O2/c1-9-7-15-16-13(9)11-5-3-4-6-17(11)12(19)8-14-10(2)18/h7,11H,3-6,8H2,1-2H3,(H,14,18)(H,15,16)/t11-/m1/s1. The second-order valence-electron chi connectivity index (χ2n) is 4.98. The molecule has 0 bridgehead atoms. The van der Waals surface area contributed by atoms with Gasteiger partial charge in [0.15, 0.2) is 0 Å². The van der Waals surface area contributed by atoms with Crippen LogP contribution in [0.4, 0.5) is 0 Å². The monoisotopic (exact) mass is 264 g/mol. The topological polar surface area (TPSA) is 78.1 Å². The van der Waals surface area contributed by atoms with Crippen LogP contribution in [-0.4, -0.2) is 40.0 Å². The van der Waals surface area contributed by atoms with Crippen LogP contribution in [0.5, 0.6) is 0 Å². The molecule has 0 saturated carbocycles. The lowest BCUT2D eigenvalue weighted by molar-refractivity contribution is -0.136. The second-order valence-corrected chi connectivity index (χ2v) is 4.98. The van der Waals surface area contributed by atoms with Gasteiger partial charge in [-0.15, -0.1) is 0 Å². The van der Waals surface area contributed by atoms with Crippen molar-refractivity contribution in [3.05, 3.63) is 17.5 Å². The molecule has 0 unspecified atom stereocenters. The molecule has 104 valence electrons. The summed E-state index contributed by atoms with van der Waals surface area (Å²) in [5.41, 5.74) is 2.08. The lowest BCUT2D eigenvalue weighted by atomic mass is 9.97. The van der Waals surface area contributed by atoms with Crippen LogP contribution in [0, 0.1) is 6.92 Å². The Hall–Kier alpha value is -1.85. The van der Waals surface area contributed by atoms with Crippen LogP contribution >= 0.6 is 0 Å². The first-order valence-electron chi connectivity index (χ1n) is 6.63. The predicted octanol–water partition coefficient (Wildman–Crippen LogP) is 0.908. The van der Waals surface area contributed by atoms with E-state index >= 15 is 0 Å². The van der Waals surface area contributed by atoms with Gasteiger partial charge in [-0.3, -0.25) is 14.7 Å². The normalized spacial score (nSPS) is 19.3. The Kier molecular flexibility index (Phi) is 4.19. The fourth-order valence-corrected chi connectivity index (χ4v) is 2.53. The Morgan fingerprint density at radius 1 is 1.53 bits per heavy atom. The van der Waals surface area contributed by atoms with Crippen LogP contribution < -0.4 is 5.32 Å². The lowest BCUT2D eigenvalue weighted by Crippen LogP contribution is -2.44. The number of nitrogens with one attached hydrogen (secondary N) is 2. The predicted molar refractivity (Wildman–Crippen MR) is 70.3 cm³/mol. The minimum absolute atomic E-state index is 0.0334. The number of rotatable bonds is 3. The molecule has 0 aromatic carbocycles. The number of aromatic amines is 1. The molecule has 1 aliphatic heterocycles. The van der Waals surface area contributed by atoms with Crippen molar-refractivity contribution in [2.24, 2.45) is 0 Å². The van der Waals surface area contributed by atoms with Crippen LogP contribution in [0.2, 0.25) is 0 Å². The van der Waals surface area contributed by atoms with Crippen LogP contribution in [0.15, 0.2) is 6.20 Å². The summed E-state index contributed by atoms with van der Waals surface area (Å²) in [6.45, 7) is 4.21. The van der Waals surface area contributed by atoms with Crippen LogP contribution in [0.3, 0.4) is 0 Å². The van der Waals surface area contributed by atoms with E-state index in [0.717, 1.165) is 37.1 Å². The minimum Gasteiger partial charge on any atom is -0.347 e. The highest BCUT2D eigenvalue weighted by molar-refractivity contribution is 5.84. The van der Waals surface area contributed by atoms with Crippen LogP contribution in [0.1, 0.15) is 43.5 Å². The number of piperidine rings is 1. The van der Waals surface area contributed by atoms with Crippen molar-refractivity contribution in [2.75, 3.05) is 13.1 Å². The molecule has 6 heteroatoms. The molecule has 0 spiro atoms. The molecular weight excluding hydrogens is 244 g/mol. The minimum atomic E-state index is -0.181. The van der Waals surface area contributed by atoms with E-state index in [9.17, 15) is 9.59 Å². The number of hydrogen-bond acceptors (Lipinski definition) is 3. The van der Waals surface area contributed by atoms with Gasteiger partial charge in [-0.1, -0.05) is 0 Å². The summed E-state index contributed by atoms with van der Waals surface area (Å²) in [4.78, 5) is 24.9. The van der Waals surface area contributed by atoms with Crippen molar-refractivity contribution < 1.29 is 9.59 Å². The van der Waals surface area contributed by atoms with E-state index < -0.39 is 0 Å². The summed E-state index contributed by atoms with van der Waals surface area (Å²) >= 11 is 0. The van der Waals surface area contributed by atoms with E-state index in [-0.39, 0.29) is 24.4 Å². The number of aryl methyl sites for hydroxylation is 1. The first kappa shape index (κ1) is 13.6. The first-order chi connectivity index (χ1) is 9.09. The SMILES string of the molecule is CC(=O)NCC(=O)N1CCCC[C@@H]1c1[nH]ncc1C. The van der Waals surface area contributed by atoms with Crippen molar-refractivity contribution >= 4 is 11.8 Å². The van der Waals surface area contributed by atoms with Crippen LogP contribution in [0.25, 0.3) is 0 Å². The molecule has 1 fully saturated rings. The van der Waals surface area contributed by atoms with Crippen LogP contribution in [-0.2, 0) is 9.59 Å². The van der Waals surface area contributed by atoms with E-state index in [1.807, 2.05) is 11.8 Å². The van der Waals surface area contributed by atoms with Gasteiger partial charge in [-0.05, 0) is 31.7 Å². The zero-order valence-corrected chi connectivity index (χ0v) is 11.4. The molecule has 2 rings (SSSR count). The van der Waals surface area contributed by atoms with Gasteiger partial charge in [0.1, 0.15) is 0 Å². The maximum atomic E-state index is 12.2. The largest absolute Gasteiger partial charge is 0.347 e. The summed E-state index contributed by atoms with van der Waals surface area (Å²) in [7, 11) is 0. The molecule has 1 atom stereocenters. The van der Waals surface area contributed by atoms with Crippen molar-refractivity contribution in [3.63, 3.8) is 0 Å². The highest BCUT2D eigenvalue weighted by Crippen LogP contribution is 2.31. The third-order valence-electron chi connectivity index (χ3n) is 3.51. The molecule has 1 aromatic rings. The third-order valence-corrected chi connectivity index (χ3v) is 3.51. The highest BCUT2D eigenvalue weighted by atomic mass is 16.2. The molecule has 6 nitrogen and oxygen atoms in total. The van der Waals surface area contributed by atoms with Crippen molar-refractivity contribution in [3.8, 4) is 0 Å². The summed E-state index contributed by atoms with van der Waals surface area (Å²) in [6.07, 6.45) is 4.83. The maximum absolute atomic E-state index is 12.2. The Morgan fingerprint density at radius 2 is 2.32 bits per heavy atom.